The van der Waals surface area contributed by atoms with Gasteiger partial charge in [-0.05, 0) is 25.5 Å². The zero-order valence-corrected chi connectivity index (χ0v) is 11.5. The summed E-state index contributed by atoms with van der Waals surface area (Å²) in [7, 11) is 0. The maximum absolute atomic E-state index is 13.1. The fourth-order valence-electron chi connectivity index (χ4n) is 1.70. The molecule has 2 rings (SSSR count). The van der Waals surface area contributed by atoms with Gasteiger partial charge in [-0.1, -0.05) is 18.5 Å². The third-order valence-electron chi connectivity index (χ3n) is 2.67. The smallest absolute Gasteiger partial charge is 0.241 e. The minimum atomic E-state index is -0.486. The molecular formula is C13H15ClFN3O. The van der Waals surface area contributed by atoms with Crippen molar-refractivity contribution in [1.82, 2.24) is 9.78 Å². The summed E-state index contributed by atoms with van der Waals surface area (Å²) in [4.78, 5) is 0. The van der Waals surface area contributed by atoms with Gasteiger partial charge < -0.3 is 10.5 Å². The Balaban J connectivity index is 2.34. The number of rotatable bonds is 4. The van der Waals surface area contributed by atoms with E-state index in [1.165, 1.54) is 18.2 Å². The molecule has 0 fully saturated rings. The Morgan fingerprint density at radius 3 is 2.84 bits per heavy atom. The maximum atomic E-state index is 13.1. The molecule has 0 aliphatic rings. The molecule has 0 radical (unpaired) electrons. The van der Waals surface area contributed by atoms with Gasteiger partial charge in [0.25, 0.3) is 0 Å². The van der Waals surface area contributed by atoms with Crippen LogP contribution in [-0.2, 0) is 6.54 Å². The Labute approximate surface area is 115 Å². The normalized spacial score (nSPS) is 10.7. The number of aryl methyl sites for hydroxylation is 2. The van der Waals surface area contributed by atoms with Crippen LogP contribution in [0.25, 0.3) is 0 Å². The number of anilines is 1. The molecule has 0 saturated heterocycles. The van der Waals surface area contributed by atoms with Crippen LogP contribution in [0.2, 0.25) is 5.02 Å². The van der Waals surface area contributed by atoms with E-state index in [-0.39, 0.29) is 5.02 Å². The predicted octanol–water partition coefficient (Wildman–Crippen LogP) is 3.77. The Hall–Kier alpha value is -1.75. The molecule has 4 nitrogen and oxygen atoms in total. The second-order valence-corrected chi connectivity index (χ2v) is 4.61. The van der Waals surface area contributed by atoms with E-state index in [1.807, 2.05) is 13.8 Å². The summed E-state index contributed by atoms with van der Waals surface area (Å²) >= 11 is 5.72. The second kappa shape index (κ2) is 5.48. The summed E-state index contributed by atoms with van der Waals surface area (Å²) in [5.74, 6) is 0.401. The average Bonchev–Trinajstić information content (AvgIpc) is 2.62. The van der Waals surface area contributed by atoms with Crippen LogP contribution < -0.4 is 10.5 Å². The van der Waals surface area contributed by atoms with E-state index in [2.05, 4.69) is 5.10 Å². The Morgan fingerprint density at radius 1 is 1.47 bits per heavy atom. The monoisotopic (exact) mass is 283 g/mol. The van der Waals surface area contributed by atoms with Crippen LogP contribution in [0.3, 0.4) is 0 Å². The Morgan fingerprint density at radius 2 is 2.21 bits per heavy atom. The molecule has 0 amide bonds. The quantitative estimate of drug-likeness (QED) is 0.929. The SMILES string of the molecule is CCCn1nc(C)c(N)c1Oc1ccc(F)c(Cl)c1. The summed E-state index contributed by atoms with van der Waals surface area (Å²) in [5.41, 5.74) is 7.12. The molecule has 19 heavy (non-hydrogen) atoms. The van der Waals surface area contributed by atoms with Gasteiger partial charge in [-0.2, -0.15) is 5.10 Å². The van der Waals surface area contributed by atoms with Crippen molar-refractivity contribution in [2.45, 2.75) is 26.8 Å². The summed E-state index contributed by atoms with van der Waals surface area (Å²) in [5, 5.41) is 4.30. The summed E-state index contributed by atoms with van der Waals surface area (Å²) in [6.07, 6.45) is 0.904. The maximum Gasteiger partial charge on any atom is 0.241 e. The van der Waals surface area contributed by atoms with Crippen molar-refractivity contribution in [2.24, 2.45) is 0 Å². The van der Waals surface area contributed by atoms with Crippen molar-refractivity contribution < 1.29 is 9.13 Å². The highest BCUT2D eigenvalue weighted by Crippen LogP contribution is 2.31. The Kier molecular flexibility index (Phi) is 3.95. The average molecular weight is 284 g/mol. The zero-order chi connectivity index (χ0) is 14.0. The molecule has 2 N–H and O–H groups in total. The number of hydrogen-bond donors (Lipinski definition) is 1. The van der Waals surface area contributed by atoms with E-state index < -0.39 is 5.82 Å². The standard InChI is InChI=1S/C13H15ClFN3O/c1-3-6-18-13(12(16)8(2)17-18)19-9-4-5-11(15)10(14)7-9/h4-5,7H,3,6,16H2,1-2H3. The molecule has 0 unspecified atom stereocenters. The van der Waals surface area contributed by atoms with Crippen molar-refractivity contribution >= 4 is 17.3 Å². The third-order valence-corrected chi connectivity index (χ3v) is 2.96. The minimum Gasteiger partial charge on any atom is -0.437 e. The fourth-order valence-corrected chi connectivity index (χ4v) is 1.87. The van der Waals surface area contributed by atoms with Crippen molar-refractivity contribution in [1.29, 1.82) is 0 Å². The number of aromatic nitrogens is 2. The number of benzene rings is 1. The van der Waals surface area contributed by atoms with Crippen molar-refractivity contribution in [3.63, 3.8) is 0 Å². The first-order valence-electron chi connectivity index (χ1n) is 5.98. The topological polar surface area (TPSA) is 53.1 Å². The van der Waals surface area contributed by atoms with Gasteiger partial charge in [-0.25, -0.2) is 9.07 Å². The first-order chi connectivity index (χ1) is 9.02. The third kappa shape index (κ3) is 2.81. The summed E-state index contributed by atoms with van der Waals surface area (Å²) in [6.45, 7) is 4.54. The van der Waals surface area contributed by atoms with Gasteiger partial charge in [-0.3, -0.25) is 0 Å². The van der Waals surface area contributed by atoms with Gasteiger partial charge in [0.2, 0.25) is 5.88 Å². The molecule has 0 spiro atoms. The van der Waals surface area contributed by atoms with E-state index in [0.29, 0.717) is 29.6 Å². The van der Waals surface area contributed by atoms with Crippen LogP contribution in [-0.4, -0.2) is 9.78 Å². The van der Waals surface area contributed by atoms with Crippen molar-refractivity contribution in [3.05, 3.63) is 34.7 Å². The molecular weight excluding hydrogens is 269 g/mol. The lowest BCUT2D eigenvalue weighted by Gasteiger charge is -2.09. The molecule has 1 aromatic carbocycles. The fraction of sp³-hybridized carbons (Fsp3) is 0.308. The summed E-state index contributed by atoms with van der Waals surface area (Å²) < 4.78 is 20.5. The van der Waals surface area contributed by atoms with E-state index in [0.717, 1.165) is 6.42 Å². The highest BCUT2D eigenvalue weighted by atomic mass is 35.5. The number of halogens is 2. The van der Waals surface area contributed by atoms with Gasteiger partial charge >= 0.3 is 0 Å². The van der Waals surface area contributed by atoms with E-state index >= 15 is 0 Å². The molecule has 6 heteroatoms. The molecule has 0 atom stereocenters. The lowest BCUT2D eigenvalue weighted by Crippen LogP contribution is -2.02. The highest BCUT2D eigenvalue weighted by molar-refractivity contribution is 6.30. The number of ether oxygens (including phenoxy) is 1. The molecule has 1 aromatic heterocycles. The van der Waals surface area contributed by atoms with Crippen LogP contribution in [0.15, 0.2) is 18.2 Å². The first kappa shape index (κ1) is 13.7. The number of nitrogens with two attached hydrogens (primary N) is 1. The largest absolute Gasteiger partial charge is 0.437 e. The summed E-state index contributed by atoms with van der Waals surface area (Å²) in [6, 6.07) is 4.16. The lowest BCUT2D eigenvalue weighted by atomic mass is 10.3. The van der Waals surface area contributed by atoms with Gasteiger partial charge in [0.15, 0.2) is 0 Å². The number of nitrogens with zero attached hydrogens (tertiary/aromatic N) is 2. The first-order valence-corrected chi connectivity index (χ1v) is 6.36. The van der Waals surface area contributed by atoms with Crippen LogP contribution in [0, 0.1) is 12.7 Å². The number of hydrogen-bond acceptors (Lipinski definition) is 3. The van der Waals surface area contributed by atoms with E-state index in [4.69, 9.17) is 22.1 Å². The molecule has 0 saturated carbocycles. The molecule has 0 aliphatic heterocycles. The molecule has 0 aliphatic carbocycles. The lowest BCUT2D eigenvalue weighted by molar-refractivity contribution is 0.409. The van der Waals surface area contributed by atoms with Crippen molar-refractivity contribution in [3.8, 4) is 11.6 Å². The zero-order valence-electron chi connectivity index (χ0n) is 10.8. The number of nitrogen functional groups attached to an aromatic ring is 1. The van der Waals surface area contributed by atoms with Crippen LogP contribution in [0.1, 0.15) is 19.0 Å². The minimum absolute atomic E-state index is 0.00866. The van der Waals surface area contributed by atoms with Crippen LogP contribution >= 0.6 is 11.6 Å². The van der Waals surface area contributed by atoms with Crippen molar-refractivity contribution in [2.75, 3.05) is 5.73 Å². The van der Waals surface area contributed by atoms with Gasteiger partial charge in [-0.15, -0.1) is 0 Å². The van der Waals surface area contributed by atoms with Gasteiger partial charge in [0.05, 0.1) is 10.7 Å². The molecule has 0 bridgehead atoms. The molecule has 2 aromatic rings. The molecule has 1 heterocycles. The van der Waals surface area contributed by atoms with Crippen LogP contribution in [0.5, 0.6) is 11.6 Å². The van der Waals surface area contributed by atoms with E-state index in [9.17, 15) is 4.39 Å². The Bertz CT molecular complexity index is 598. The molecule has 102 valence electrons. The highest BCUT2D eigenvalue weighted by Gasteiger charge is 2.15. The second-order valence-electron chi connectivity index (χ2n) is 4.21. The van der Waals surface area contributed by atoms with Crippen LogP contribution in [0.4, 0.5) is 10.1 Å². The van der Waals surface area contributed by atoms with E-state index in [1.54, 1.807) is 4.68 Å². The van der Waals surface area contributed by atoms with Gasteiger partial charge in [0.1, 0.15) is 17.3 Å². The predicted molar refractivity (Wildman–Crippen MR) is 73.2 cm³/mol. The van der Waals surface area contributed by atoms with Gasteiger partial charge in [0, 0.05) is 12.6 Å².